The monoisotopic (exact) mass is 1340 g/mol. The number of aliphatic hydroxyl groups excluding tert-OH is 1. The van der Waals surface area contributed by atoms with Crippen LogP contribution in [-0.4, -0.2) is 138 Å². The Kier molecular flexibility index (Phi) is 18.8. The summed E-state index contributed by atoms with van der Waals surface area (Å²) in [5, 5.41) is 9.98. The summed E-state index contributed by atoms with van der Waals surface area (Å²) in [6.07, 6.45) is 10.9. The van der Waals surface area contributed by atoms with E-state index in [2.05, 4.69) is 85.6 Å². The molecule has 510 valence electrons. The van der Waals surface area contributed by atoms with Crippen LogP contribution < -0.4 is 27.0 Å². The maximum Gasteiger partial charge on any atom is 0.306 e. The number of rotatable bonds is 24. The number of allylic oxidation sites excluding steroid dienone is 1. The lowest BCUT2D eigenvalue weighted by Crippen LogP contribution is -2.51. The molecule has 6 aromatic heterocycles. The molecular weight excluding hydrogens is 1260 g/mol. The predicted molar refractivity (Wildman–Crippen MR) is 331 cm³/mol. The van der Waals surface area contributed by atoms with E-state index in [-0.39, 0.29) is 94.6 Å². The molecule has 3 saturated carbocycles. The molecule has 7 aliphatic rings. The van der Waals surface area contributed by atoms with Crippen LogP contribution in [0.2, 0.25) is 0 Å². The first-order valence-electron chi connectivity index (χ1n) is 32.7. The van der Waals surface area contributed by atoms with Gasteiger partial charge in [-0.3, -0.25) is 32.4 Å². The summed E-state index contributed by atoms with van der Waals surface area (Å²) in [4.78, 5) is 92.6. The van der Waals surface area contributed by atoms with Crippen molar-refractivity contribution in [2.24, 2.45) is 46.3 Å². The zero-order valence-electron chi connectivity index (χ0n) is 53.3. The molecule has 31 nitrogen and oxygen atoms in total. The topological polar surface area (TPSA) is 427 Å². The summed E-state index contributed by atoms with van der Waals surface area (Å²) in [6.45, 7) is 10.4. The van der Waals surface area contributed by atoms with Crippen LogP contribution in [0.1, 0.15) is 156 Å². The third-order valence-corrected chi connectivity index (χ3v) is 23.4. The van der Waals surface area contributed by atoms with Crippen LogP contribution in [-0.2, 0) is 60.5 Å². The van der Waals surface area contributed by atoms with Crippen molar-refractivity contribution in [3.8, 4) is 0 Å². The van der Waals surface area contributed by atoms with Gasteiger partial charge in [0.25, 0.3) is 15.6 Å². The number of phosphoric ester groups is 2. The summed E-state index contributed by atoms with van der Waals surface area (Å²) in [7, 11) is -10.6. The Morgan fingerprint density at radius 2 is 1.15 bits per heavy atom. The second-order valence-corrected chi connectivity index (χ2v) is 30.3. The third-order valence-electron chi connectivity index (χ3n) is 21.4. The molecule has 6 fully saturated rings. The van der Waals surface area contributed by atoms with Crippen molar-refractivity contribution >= 4 is 78.5 Å². The average molecular weight is 1340 g/mol. The smallest absolute Gasteiger partial charge is 0.306 e. The van der Waals surface area contributed by atoms with E-state index in [1.165, 1.54) is 102 Å². The van der Waals surface area contributed by atoms with Gasteiger partial charge in [0.2, 0.25) is 0 Å². The summed E-state index contributed by atoms with van der Waals surface area (Å²) >= 11 is 0. The van der Waals surface area contributed by atoms with Crippen LogP contribution in [0.3, 0.4) is 0 Å². The lowest BCUT2D eigenvalue weighted by Gasteiger charge is -2.58. The number of ether oxygens (including phenoxy) is 5. The van der Waals surface area contributed by atoms with Gasteiger partial charge in [0.1, 0.15) is 59.9 Å². The van der Waals surface area contributed by atoms with Crippen molar-refractivity contribution in [1.82, 2.24) is 58.6 Å². The molecule has 0 radical (unpaired) electrons. The number of carbonyl (C=O) groups is 2. The van der Waals surface area contributed by atoms with E-state index in [1.54, 1.807) is 0 Å². The number of nitrogens with two attached hydrogens (primary N) is 3. The van der Waals surface area contributed by atoms with Crippen LogP contribution >= 0.6 is 15.6 Å². The number of carbonyl (C=O) groups excluding carboxylic acids is 2. The molecule has 6 aromatic rings. The molecule has 0 bridgehead atoms. The molecule has 10 unspecified atom stereocenters. The van der Waals surface area contributed by atoms with E-state index in [9.17, 15) is 33.6 Å². The Bertz CT molecular complexity index is 3890. The summed E-state index contributed by atoms with van der Waals surface area (Å²) in [5.41, 5.74) is 21.3. The first kappa shape index (κ1) is 66.4. The Morgan fingerprint density at radius 3 is 1.68 bits per heavy atom. The normalized spacial score (nSPS) is 33.3. The van der Waals surface area contributed by atoms with E-state index in [1.807, 2.05) is 0 Å². The average Bonchev–Trinajstić information content (AvgIpc) is 1.39. The summed E-state index contributed by atoms with van der Waals surface area (Å²) in [5.74, 6) is 3.23. The van der Waals surface area contributed by atoms with Crippen molar-refractivity contribution in [3.63, 3.8) is 0 Å². The predicted octanol–water partition coefficient (Wildman–Crippen LogP) is 6.49. The summed E-state index contributed by atoms with van der Waals surface area (Å²) in [6, 6.07) is 0. The molecule has 0 amide bonds. The molecule has 0 spiro atoms. The van der Waals surface area contributed by atoms with E-state index in [0.717, 1.165) is 42.9 Å². The number of esters is 2. The molecule has 4 aliphatic carbocycles. The van der Waals surface area contributed by atoms with Gasteiger partial charge < -0.3 is 73.9 Å². The number of nitrogen functional groups attached to an aromatic ring is 3. The standard InChI is InChI=1S/C61H85N15O16P2/c1-32(2)7-6-8-33(3)40-11-12-41-39-10-9-34-19-35(15-17-60(34,4)42(39)16-18-61(40,41)5)86-46(78)13-14-47(79)90-43-21-37(88-57(43)74-29-71-48-51(62)65-26-68-54(48)74)24-84-94(82,83)92-45-22-38(89-59(45)76-31-73-50-53(64)67-28-70-56(50)76)25-85-93(80,81)91-44-20-36(23-77)87-58(44)75-30-72-49-52(63)66-27-69-55(49)75/h9,26-33,35-45,57-59,77H,6-8,10-25H2,1-5H3,(H,80,81)(H,82,83)(H2,62,65,68)(H2,63,66,69)(H2,64,67,70)/p-2/t33?,35?,36-,37-,38-,39?,40?,41?,42?,43+,44+,45+,57+,58+,59+,60?,61?/m0/s1. The van der Waals surface area contributed by atoms with Crippen molar-refractivity contribution in [1.29, 1.82) is 0 Å². The van der Waals surface area contributed by atoms with Crippen molar-refractivity contribution < 1.29 is 75.4 Å². The molecule has 3 aliphatic heterocycles. The Balaban J connectivity index is 0.632. The highest BCUT2D eigenvalue weighted by Crippen LogP contribution is 2.67. The second kappa shape index (κ2) is 26.7. The fourth-order valence-electron chi connectivity index (χ4n) is 16.8. The number of aliphatic hydroxyl groups is 1. The third kappa shape index (κ3) is 13.2. The summed E-state index contributed by atoms with van der Waals surface area (Å²) < 4.78 is 84.7. The fourth-order valence-corrected chi connectivity index (χ4v) is 18.7. The number of fused-ring (bicyclic) bond motifs is 8. The SMILES string of the molecule is CC(C)CCCC(C)C1CCC2C3CC=C4CC(OC(=O)CCC(=O)O[C@@H]5C[C@@H](COP(=O)([O-])O[C@@H]6C[C@@H](COP(=O)([O-])O[C@@H]7C[C@@H](CO)O[C@H]7n7cnc8c(N)ncnc87)O[C@H]6n6cnc7c(N)ncnc76)O[C@H]5n5cnc6c(N)ncnc65)CCC4(C)C3CCC12C. The molecule has 13 rings (SSSR count). The van der Waals surface area contributed by atoms with Crippen molar-refractivity contribution in [2.45, 2.75) is 199 Å². The van der Waals surface area contributed by atoms with Gasteiger partial charge in [0.05, 0.1) is 70.0 Å². The molecule has 9 heterocycles. The van der Waals surface area contributed by atoms with E-state index >= 15 is 0 Å². The second-order valence-electron chi connectivity index (χ2n) is 27.5. The minimum atomic E-state index is -5.37. The van der Waals surface area contributed by atoms with Gasteiger partial charge in [-0.25, -0.2) is 44.9 Å². The van der Waals surface area contributed by atoms with Crippen LogP contribution in [0.25, 0.3) is 33.5 Å². The number of anilines is 3. The number of nitrogens with zero attached hydrogens (tertiary/aromatic N) is 12. The minimum absolute atomic E-state index is 0.0112. The molecule has 3 saturated heterocycles. The van der Waals surface area contributed by atoms with Crippen molar-refractivity contribution in [3.05, 3.63) is 49.6 Å². The lowest BCUT2D eigenvalue weighted by molar-refractivity contribution is -0.235. The van der Waals surface area contributed by atoms with Crippen LogP contribution in [0, 0.1) is 46.3 Å². The van der Waals surface area contributed by atoms with Gasteiger partial charge >= 0.3 is 11.9 Å². The maximum absolute atomic E-state index is 14.0. The first-order chi connectivity index (χ1) is 45.0. The number of imidazole rings is 3. The Hall–Kier alpha value is -6.21. The molecule has 19 atom stereocenters. The molecule has 94 heavy (non-hydrogen) atoms. The van der Waals surface area contributed by atoms with Gasteiger partial charge in [-0.15, -0.1) is 0 Å². The fraction of sp³-hybridized carbons (Fsp3) is 0.689. The molecule has 7 N–H and O–H groups in total. The molecule has 0 aromatic carbocycles. The van der Waals surface area contributed by atoms with Crippen LogP contribution in [0.15, 0.2) is 49.6 Å². The Labute approximate surface area is 542 Å². The number of hydrogen-bond donors (Lipinski definition) is 4. The number of hydrogen-bond acceptors (Lipinski definition) is 28. The van der Waals surface area contributed by atoms with Crippen LogP contribution in [0.5, 0.6) is 0 Å². The zero-order valence-corrected chi connectivity index (χ0v) is 55.1. The van der Waals surface area contributed by atoms with Gasteiger partial charge in [-0.05, 0) is 91.3 Å². The van der Waals surface area contributed by atoms with Crippen LogP contribution in [0.4, 0.5) is 17.5 Å². The largest absolute Gasteiger partial charge is 0.756 e. The van der Waals surface area contributed by atoms with Gasteiger partial charge in [-0.2, -0.15) is 0 Å². The van der Waals surface area contributed by atoms with Crippen molar-refractivity contribution in [2.75, 3.05) is 37.0 Å². The van der Waals surface area contributed by atoms with E-state index in [4.69, 9.17) is 59.0 Å². The molecule has 33 heteroatoms. The minimum Gasteiger partial charge on any atom is -0.756 e. The highest BCUT2D eigenvalue weighted by molar-refractivity contribution is 7.46. The number of phosphoric acid groups is 2. The zero-order chi connectivity index (χ0) is 66.0. The number of aromatic nitrogens is 12. The van der Waals surface area contributed by atoms with E-state index < -0.39 is 103 Å². The maximum atomic E-state index is 14.0. The van der Waals surface area contributed by atoms with Gasteiger partial charge in [-0.1, -0.05) is 65.5 Å². The highest BCUT2D eigenvalue weighted by Gasteiger charge is 2.59. The van der Waals surface area contributed by atoms with Gasteiger partial charge in [0, 0.05) is 25.7 Å². The quantitative estimate of drug-likeness (QED) is 0.0285. The Morgan fingerprint density at radius 1 is 0.649 bits per heavy atom. The first-order valence-corrected chi connectivity index (χ1v) is 35.6. The molecular formula is C61H83N15O16P2-2. The lowest BCUT2D eigenvalue weighted by atomic mass is 9.47. The van der Waals surface area contributed by atoms with Gasteiger partial charge in [0.15, 0.2) is 53.1 Å². The highest BCUT2D eigenvalue weighted by atomic mass is 31.2. The van der Waals surface area contributed by atoms with E-state index in [0.29, 0.717) is 23.7 Å².